The maximum atomic E-state index is 12.5. The summed E-state index contributed by atoms with van der Waals surface area (Å²) >= 11 is 0. The molecular weight excluding hydrogens is 315 g/mol. The van der Waals surface area contributed by atoms with Crippen LogP contribution in [0.3, 0.4) is 0 Å². The summed E-state index contributed by atoms with van der Waals surface area (Å²) in [4.78, 5) is 17.3. The molecule has 3 aromatic rings. The molecule has 9 heteroatoms. The highest BCUT2D eigenvalue weighted by Crippen LogP contribution is 2.34. The molecule has 0 spiro atoms. The summed E-state index contributed by atoms with van der Waals surface area (Å²) in [7, 11) is 0. The van der Waals surface area contributed by atoms with Crippen molar-refractivity contribution in [3.05, 3.63) is 53.1 Å². The minimum Gasteiger partial charge on any atom is -0.405 e. The molecule has 3 rings (SSSR count). The highest BCUT2D eigenvalue weighted by atomic mass is 19.4. The van der Waals surface area contributed by atoms with E-state index in [0.29, 0.717) is 5.56 Å². The van der Waals surface area contributed by atoms with Crippen LogP contribution in [-0.4, -0.2) is 21.5 Å². The van der Waals surface area contributed by atoms with E-state index in [1.165, 1.54) is 36.5 Å². The number of nitrogens with zero attached hydrogens (tertiary/aromatic N) is 2. The maximum absolute atomic E-state index is 12.5. The molecule has 118 valence electrons. The predicted octanol–water partition coefficient (Wildman–Crippen LogP) is 2.99. The Bertz CT molecular complexity index is 886. The van der Waals surface area contributed by atoms with Crippen LogP contribution in [0, 0.1) is 0 Å². The third-order valence-electron chi connectivity index (χ3n) is 2.87. The lowest BCUT2D eigenvalue weighted by atomic mass is 10.0. The lowest BCUT2D eigenvalue weighted by molar-refractivity contribution is -0.274. The molecule has 2 aromatic heterocycles. The number of aromatic nitrogens is 3. The van der Waals surface area contributed by atoms with Gasteiger partial charge in [0, 0.05) is 11.8 Å². The molecule has 0 aliphatic rings. The minimum absolute atomic E-state index is 0.0751. The second-order valence-electron chi connectivity index (χ2n) is 4.42. The number of halogens is 3. The van der Waals surface area contributed by atoms with Crippen molar-refractivity contribution >= 4 is 0 Å². The van der Waals surface area contributed by atoms with Crippen molar-refractivity contribution in [2.75, 3.05) is 0 Å². The maximum Gasteiger partial charge on any atom is 0.573 e. The Balaban J connectivity index is 2.04. The van der Waals surface area contributed by atoms with E-state index >= 15 is 0 Å². The number of para-hydroxylation sites is 1. The molecule has 2 heterocycles. The first-order valence-electron chi connectivity index (χ1n) is 6.30. The number of H-pyrrole nitrogens is 1. The van der Waals surface area contributed by atoms with Gasteiger partial charge in [-0.3, -0.25) is 14.5 Å². The molecular formula is C14H8F3N3O3. The molecule has 0 unspecified atom stereocenters. The van der Waals surface area contributed by atoms with Crippen LogP contribution in [0.25, 0.3) is 22.6 Å². The smallest absolute Gasteiger partial charge is 0.405 e. The van der Waals surface area contributed by atoms with Crippen molar-refractivity contribution in [2.45, 2.75) is 6.36 Å². The number of rotatable bonds is 3. The summed E-state index contributed by atoms with van der Waals surface area (Å²) in [6.45, 7) is 0. The minimum atomic E-state index is -4.80. The van der Waals surface area contributed by atoms with Gasteiger partial charge in [0.05, 0.1) is 0 Å². The monoisotopic (exact) mass is 323 g/mol. The summed E-state index contributed by atoms with van der Waals surface area (Å²) in [5.74, 6) is -1.02. The van der Waals surface area contributed by atoms with Gasteiger partial charge >= 0.3 is 12.1 Å². The molecule has 6 nitrogen and oxygen atoms in total. The van der Waals surface area contributed by atoms with Crippen LogP contribution in [0.15, 0.2) is 51.9 Å². The van der Waals surface area contributed by atoms with Gasteiger partial charge in [-0.05, 0) is 23.8 Å². The SMILES string of the molecule is O=c1[nH]c(-c2cc(-c3ccccc3OC(F)(F)F)ccn2)no1. The van der Waals surface area contributed by atoms with Crippen molar-refractivity contribution in [3.8, 4) is 28.4 Å². The predicted molar refractivity (Wildman–Crippen MR) is 72.5 cm³/mol. The molecule has 0 radical (unpaired) electrons. The Morgan fingerprint density at radius 1 is 1.17 bits per heavy atom. The highest BCUT2D eigenvalue weighted by molar-refractivity contribution is 5.73. The van der Waals surface area contributed by atoms with Crippen LogP contribution in [0.4, 0.5) is 13.2 Å². The summed E-state index contributed by atoms with van der Waals surface area (Å²) in [5.41, 5.74) is 0.883. The average molecular weight is 323 g/mol. The lowest BCUT2D eigenvalue weighted by Crippen LogP contribution is -2.17. The van der Waals surface area contributed by atoms with E-state index in [0.717, 1.165) is 0 Å². The summed E-state index contributed by atoms with van der Waals surface area (Å²) in [6, 6.07) is 8.68. The topological polar surface area (TPSA) is 81.0 Å². The molecule has 1 aromatic carbocycles. The third-order valence-corrected chi connectivity index (χ3v) is 2.87. The number of alkyl halides is 3. The van der Waals surface area contributed by atoms with Gasteiger partial charge < -0.3 is 4.74 Å². The van der Waals surface area contributed by atoms with Crippen LogP contribution < -0.4 is 10.5 Å². The second-order valence-corrected chi connectivity index (χ2v) is 4.42. The average Bonchev–Trinajstić information content (AvgIpc) is 2.93. The molecule has 1 N–H and O–H groups in total. The van der Waals surface area contributed by atoms with E-state index in [-0.39, 0.29) is 22.8 Å². The molecule has 0 saturated heterocycles. The fourth-order valence-corrected chi connectivity index (χ4v) is 1.99. The number of aromatic amines is 1. The van der Waals surface area contributed by atoms with Crippen LogP contribution >= 0.6 is 0 Å². The molecule has 0 amide bonds. The molecule has 0 fully saturated rings. The van der Waals surface area contributed by atoms with Gasteiger partial charge in [0.1, 0.15) is 11.4 Å². The van der Waals surface area contributed by atoms with Gasteiger partial charge in [0.15, 0.2) is 0 Å². The van der Waals surface area contributed by atoms with Crippen molar-refractivity contribution in [2.24, 2.45) is 0 Å². The molecule has 0 saturated carbocycles. The zero-order valence-electron chi connectivity index (χ0n) is 11.3. The fourth-order valence-electron chi connectivity index (χ4n) is 1.99. The summed E-state index contributed by atoms with van der Waals surface area (Å²) in [6.07, 6.45) is -3.43. The van der Waals surface area contributed by atoms with Crippen molar-refractivity contribution in [3.63, 3.8) is 0 Å². The first kappa shape index (κ1) is 14.8. The Morgan fingerprint density at radius 3 is 2.65 bits per heavy atom. The van der Waals surface area contributed by atoms with Crippen LogP contribution in [-0.2, 0) is 0 Å². The van der Waals surface area contributed by atoms with Crippen LogP contribution in [0.2, 0.25) is 0 Å². The first-order valence-corrected chi connectivity index (χ1v) is 6.30. The van der Waals surface area contributed by atoms with E-state index < -0.39 is 12.1 Å². The van der Waals surface area contributed by atoms with Gasteiger partial charge in [-0.25, -0.2) is 4.79 Å². The highest BCUT2D eigenvalue weighted by Gasteiger charge is 2.32. The molecule has 0 bridgehead atoms. The van der Waals surface area contributed by atoms with Gasteiger partial charge in [-0.2, -0.15) is 0 Å². The van der Waals surface area contributed by atoms with Gasteiger partial charge in [0.2, 0.25) is 5.82 Å². The molecule has 0 atom stereocenters. The van der Waals surface area contributed by atoms with Gasteiger partial charge in [0.25, 0.3) is 0 Å². The summed E-state index contributed by atoms with van der Waals surface area (Å²) < 4.78 is 45.9. The standard InChI is InChI=1S/C14H8F3N3O3/c15-14(16,17)22-11-4-2-1-3-9(11)8-5-6-18-10(7-8)12-19-13(21)23-20-12/h1-7H,(H,19,20,21). The fraction of sp³-hybridized carbons (Fsp3) is 0.0714. The van der Waals surface area contributed by atoms with Crippen molar-refractivity contribution in [1.29, 1.82) is 0 Å². The Morgan fingerprint density at radius 2 is 1.96 bits per heavy atom. The quantitative estimate of drug-likeness (QED) is 0.801. The number of benzene rings is 1. The zero-order chi connectivity index (χ0) is 16.4. The van der Waals surface area contributed by atoms with Gasteiger partial charge in [-0.1, -0.05) is 23.4 Å². The number of hydrogen-bond acceptors (Lipinski definition) is 5. The molecule has 23 heavy (non-hydrogen) atoms. The van der Waals surface area contributed by atoms with Crippen molar-refractivity contribution in [1.82, 2.24) is 15.1 Å². The van der Waals surface area contributed by atoms with Gasteiger partial charge in [-0.15, -0.1) is 13.2 Å². The summed E-state index contributed by atoms with van der Waals surface area (Å²) in [5, 5.41) is 3.49. The van der Waals surface area contributed by atoms with Crippen LogP contribution in [0.5, 0.6) is 5.75 Å². The number of nitrogens with one attached hydrogen (secondary N) is 1. The van der Waals surface area contributed by atoms with Crippen molar-refractivity contribution < 1.29 is 22.4 Å². The van der Waals surface area contributed by atoms with E-state index in [9.17, 15) is 18.0 Å². The van der Waals surface area contributed by atoms with E-state index in [1.807, 2.05) is 0 Å². The Labute approximate surface area is 126 Å². The first-order chi connectivity index (χ1) is 10.9. The largest absolute Gasteiger partial charge is 0.573 e. The Kier molecular flexibility index (Phi) is 3.61. The lowest BCUT2D eigenvalue weighted by Gasteiger charge is -2.13. The third kappa shape index (κ3) is 3.39. The second kappa shape index (κ2) is 5.59. The number of ether oxygens (including phenoxy) is 1. The van der Waals surface area contributed by atoms with E-state index in [4.69, 9.17) is 0 Å². The van der Waals surface area contributed by atoms with E-state index in [2.05, 4.69) is 24.4 Å². The Hall–Kier alpha value is -3.10. The zero-order valence-corrected chi connectivity index (χ0v) is 11.3. The normalized spacial score (nSPS) is 11.4. The van der Waals surface area contributed by atoms with E-state index in [1.54, 1.807) is 6.07 Å². The van der Waals surface area contributed by atoms with Crippen LogP contribution in [0.1, 0.15) is 0 Å². The number of hydrogen-bond donors (Lipinski definition) is 1. The molecule has 0 aliphatic carbocycles. The molecule has 0 aliphatic heterocycles. The number of pyridine rings is 1.